The molecule has 3 aromatic rings. The fourth-order valence-electron chi connectivity index (χ4n) is 3.00. The average Bonchev–Trinajstić information content (AvgIpc) is 2.78. The summed E-state index contributed by atoms with van der Waals surface area (Å²) in [7, 11) is 1.69. The van der Waals surface area contributed by atoms with Crippen LogP contribution in [-0.4, -0.2) is 31.3 Å². The summed E-state index contributed by atoms with van der Waals surface area (Å²) in [5.41, 5.74) is 4.45. The zero-order valence-corrected chi connectivity index (χ0v) is 18.3. The van der Waals surface area contributed by atoms with Crippen LogP contribution in [0, 0.1) is 6.92 Å². The first-order valence-electron chi connectivity index (χ1n) is 10.2. The second-order valence-corrected chi connectivity index (χ2v) is 7.43. The molecule has 0 heterocycles. The van der Waals surface area contributed by atoms with E-state index in [0.717, 1.165) is 16.9 Å². The Morgan fingerprint density at radius 1 is 0.812 bits per heavy atom. The van der Waals surface area contributed by atoms with Gasteiger partial charge in [0, 0.05) is 42.3 Å². The van der Waals surface area contributed by atoms with Gasteiger partial charge in [-0.05, 0) is 67.6 Å². The normalized spacial score (nSPS) is 10.2. The number of hydrogen-bond donors (Lipinski definition) is 3. The minimum Gasteiger partial charge on any atom is -0.376 e. The summed E-state index contributed by atoms with van der Waals surface area (Å²) >= 11 is 0. The Morgan fingerprint density at radius 3 is 2.03 bits per heavy atom. The number of nitrogens with one attached hydrogen (secondary N) is 3. The Bertz CT molecular complexity index is 1110. The molecule has 164 valence electrons. The number of amides is 3. The van der Waals surface area contributed by atoms with E-state index in [4.69, 9.17) is 0 Å². The van der Waals surface area contributed by atoms with E-state index in [1.54, 1.807) is 61.6 Å². The van der Waals surface area contributed by atoms with Crippen molar-refractivity contribution >= 4 is 40.5 Å². The topological polar surface area (TPSA) is 90.5 Å². The lowest BCUT2D eigenvalue weighted by molar-refractivity contribution is -0.116. The van der Waals surface area contributed by atoms with E-state index in [0.29, 0.717) is 16.9 Å². The summed E-state index contributed by atoms with van der Waals surface area (Å²) in [5.74, 6) is -0.435. The Morgan fingerprint density at radius 2 is 1.41 bits per heavy atom. The van der Waals surface area contributed by atoms with Crippen LogP contribution in [0.15, 0.2) is 72.8 Å². The fraction of sp³-hybridized carbons (Fsp3) is 0.160. The molecule has 0 aliphatic carbocycles. The predicted molar refractivity (Wildman–Crippen MR) is 128 cm³/mol. The van der Waals surface area contributed by atoms with E-state index in [2.05, 4.69) is 16.0 Å². The third-order valence-electron chi connectivity index (χ3n) is 4.89. The van der Waals surface area contributed by atoms with Crippen LogP contribution in [0.3, 0.4) is 0 Å². The molecule has 0 aliphatic rings. The van der Waals surface area contributed by atoms with Gasteiger partial charge in [0.05, 0.1) is 6.54 Å². The number of carbonyl (C=O) groups is 3. The van der Waals surface area contributed by atoms with Gasteiger partial charge in [-0.15, -0.1) is 0 Å². The highest BCUT2D eigenvalue weighted by molar-refractivity contribution is 6.04. The lowest BCUT2D eigenvalue weighted by atomic mass is 10.1. The van der Waals surface area contributed by atoms with Crippen LogP contribution >= 0.6 is 0 Å². The van der Waals surface area contributed by atoms with Crippen molar-refractivity contribution in [2.75, 3.05) is 34.4 Å². The largest absolute Gasteiger partial charge is 0.376 e. The van der Waals surface area contributed by atoms with Gasteiger partial charge in [0.25, 0.3) is 5.91 Å². The maximum absolute atomic E-state index is 12.3. The summed E-state index contributed by atoms with van der Waals surface area (Å²) < 4.78 is 0. The summed E-state index contributed by atoms with van der Waals surface area (Å²) in [6, 6.07) is 21.6. The van der Waals surface area contributed by atoms with Gasteiger partial charge in [-0.1, -0.05) is 17.7 Å². The van der Waals surface area contributed by atoms with Crippen LogP contribution < -0.4 is 20.9 Å². The summed E-state index contributed by atoms with van der Waals surface area (Å²) in [5, 5.41) is 8.72. The molecule has 7 heteroatoms. The minimum absolute atomic E-state index is 0.0632. The minimum atomic E-state index is -0.200. The van der Waals surface area contributed by atoms with Crippen LogP contribution in [0.2, 0.25) is 0 Å². The van der Waals surface area contributed by atoms with Gasteiger partial charge in [0.1, 0.15) is 0 Å². The van der Waals surface area contributed by atoms with Crippen molar-refractivity contribution in [2.45, 2.75) is 13.8 Å². The van der Waals surface area contributed by atoms with E-state index < -0.39 is 0 Å². The van der Waals surface area contributed by atoms with Crippen molar-refractivity contribution in [1.82, 2.24) is 0 Å². The first-order valence-corrected chi connectivity index (χ1v) is 10.2. The molecule has 7 nitrogen and oxygen atoms in total. The second kappa shape index (κ2) is 10.3. The van der Waals surface area contributed by atoms with E-state index >= 15 is 0 Å². The number of nitrogens with zero attached hydrogens (tertiary/aromatic N) is 1. The molecule has 0 saturated heterocycles. The van der Waals surface area contributed by atoms with Gasteiger partial charge in [0.2, 0.25) is 11.8 Å². The van der Waals surface area contributed by atoms with Crippen molar-refractivity contribution in [2.24, 2.45) is 0 Å². The van der Waals surface area contributed by atoms with Crippen molar-refractivity contribution in [3.8, 4) is 0 Å². The van der Waals surface area contributed by atoms with Gasteiger partial charge < -0.3 is 20.9 Å². The molecule has 32 heavy (non-hydrogen) atoms. The maximum Gasteiger partial charge on any atom is 0.255 e. The van der Waals surface area contributed by atoms with Gasteiger partial charge in [-0.3, -0.25) is 14.4 Å². The Hall–Kier alpha value is -4.13. The number of anilines is 4. The van der Waals surface area contributed by atoms with E-state index in [9.17, 15) is 14.4 Å². The number of carbonyl (C=O) groups excluding carboxylic acids is 3. The van der Waals surface area contributed by atoms with Crippen LogP contribution in [-0.2, 0) is 9.59 Å². The molecule has 0 unspecified atom stereocenters. The highest BCUT2D eigenvalue weighted by atomic mass is 16.2. The SMILES string of the molecule is CC(=O)N(C)c1ccc(NC(=O)CNc2ccc(NC(=O)c3cccc(C)c3)cc2)cc1. The number of hydrogen-bond acceptors (Lipinski definition) is 4. The first kappa shape index (κ1) is 22.6. The summed E-state index contributed by atoms with van der Waals surface area (Å²) in [6.45, 7) is 3.52. The van der Waals surface area contributed by atoms with E-state index in [1.807, 2.05) is 25.1 Å². The smallest absolute Gasteiger partial charge is 0.255 e. The number of rotatable bonds is 7. The number of aryl methyl sites for hydroxylation is 1. The zero-order valence-electron chi connectivity index (χ0n) is 18.3. The summed E-state index contributed by atoms with van der Waals surface area (Å²) in [6.07, 6.45) is 0. The Kier molecular flexibility index (Phi) is 7.23. The first-order chi connectivity index (χ1) is 15.3. The lowest BCUT2D eigenvalue weighted by Crippen LogP contribution is -2.23. The zero-order chi connectivity index (χ0) is 23.1. The molecular weight excluding hydrogens is 404 g/mol. The maximum atomic E-state index is 12.3. The molecule has 3 rings (SSSR count). The highest BCUT2D eigenvalue weighted by Crippen LogP contribution is 2.18. The van der Waals surface area contributed by atoms with Crippen molar-refractivity contribution < 1.29 is 14.4 Å². The van der Waals surface area contributed by atoms with Crippen LogP contribution in [0.5, 0.6) is 0 Å². The third kappa shape index (κ3) is 6.18. The average molecular weight is 431 g/mol. The quantitative estimate of drug-likeness (QED) is 0.522. The van der Waals surface area contributed by atoms with E-state index in [-0.39, 0.29) is 24.3 Å². The lowest BCUT2D eigenvalue weighted by Gasteiger charge is -2.15. The van der Waals surface area contributed by atoms with Gasteiger partial charge in [-0.25, -0.2) is 0 Å². The Labute approximate surface area is 187 Å². The van der Waals surface area contributed by atoms with Gasteiger partial charge >= 0.3 is 0 Å². The molecule has 3 amide bonds. The Balaban J connectivity index is 1.49. The van der Waals surface area contributed by atoms with Crippen molar-refractivity contribution in [3.05, 3.63) is 83.9 Å². The molecule has 0 aromatic heterocycles. The fourth-order valence-corrected chi connectivity index (χ4v) is 3.00. The summed E-state index contributed by atoms with van der Waals surface area (Å²) in [4.78, 5) is 37.5. The molecule has 0 fully saturated rings. The van der Waals surface area contributed by atoms with Gasteiger partial charge in [-0.2, -0.15) is 0 Å². The van der Waals surface area contributed by atoms with Crippen LogP contribution in [0.4, 0.5) is 22.7 Å². The molecule has 0 aliphatic heterocycles. The molecule has 0 atom stereocenters. The molecular formula is C25H26N4O3. The molecule has 0 spiro atoms. The molecule has 3 aromatic carbocycles. The number of benzene rings is 3. The monoisotopic (exact) mass is 430 g/mol. The van der Waals surface area contributed by atoms with Crippen LogP contribution in [0.25, 0.3) is 0 Å². The molecule has 0 radical (unpaired) electrons. The predicted octanol–water partition coefficient (Wildman–Crippen LogP) is 4.28. The van der Waals surface area contributed by atoms with E-state index in [1.165, 1.54) is 11.8 Å². The van der Waals surface area contributed by atoms with Crippen molar-refractivity contribution in [3.63, 3.8) is 0 Å². The standard InChI is InChI=1S/C25H26N4O3/c1-17-5-4-6-19(15-17)25(32)28-22-9-7-20(8-10-22)26-16-24(31)27-21-11-13-23(14-12-21)29(3)18(2)30/h4-15,26H,16H2,1-3H3,(H,27,31)(H,28,32). The van der Waals surface area contributed by atoms with Crippen molar-refractivity contribution in [1.29, 1.82) is 0 Å². The molecule has 3 N–H and O–H groups in total. The second-order valence-electron chi connectivity index (χ2n) is 7.43. The molecule has 0 bridgehead atoms. The van der Waals surface area contributed by atoms with Crippen LogP contribution in [0.1, 0.15) is 22.8 Å². The molecule has 0 saturated carbocycles. The van der Waals surface area contributed by atoms with Gasteiger partial charge in [0.15, 0.2) is 0 Å². The third-order valence-corrected chi connectivity index (χ3v) is 4.89. The highest BCUT2D eigenvalue weighted by Gasteiger charge is 2.08.